The van der Waals surface area contributed by atoms with E-state index < -0.39 is 0 Å². The van der Waals surface area contributed by atoms with Crippen LogP contribution < -0.4 is 5.32 Å². The Balaban J connectivity index is 2.01. The molecule has 6 heteroatoms. The minimum absolute atomic E-state index is 0.123. The Hall–Kier alpha value is -1.43. The molecule has 1 aliphatic rings. The van der Waals surface area contributed by atoms with Gasteiger partial charge in [-0.25, -0.2) is 4.68 Å². The van der Waals surface area contributed by atoms with Gasteiger partial charge in [0.15, 0.2) is 0 Å². The third-order valence-corrected chi connectivity index (χ3v) is 2.97. The van der Waals surface area contributed by atoms with Gasteiger partial charge < -0.3 is 10.2 Å². The van der Waals surface area contributed by atoms with E-state index in [0.29, 0.717) is 12.6 Å². The second-order valence-corrected chi connectivity index (χ2v) is 4.79. The third-order valence-electron chi connectivity index (χ3n) is 2.97. The van der Waals surface area contributed by atoms with Crippen molar-refractivity contribution >= 4 is 5.91 Å². The first-order valence-electron chi connectivity index (χ1n) is 5.97. The van der Waals surface area contributed by atoms with Gasteiger partial charge in [0, 0.05) is 26.2 Å². The predicted octanol–water partition coefficient (Wildman–Crippen LogP) is 0.179. The van der Waals surface area contributed by atoms with Crippen molar-refractivity contribution in [1.29, 1.82) is 0 Å². The van der Waals surface area contributed by atoms with Crippen molar-refractivity contribution in [3.63, 3.8) is 0 Å². The second kappa shape index (κ2) is 4.83. The quantitative estimate of drug-likeness (QED) is 0.811. The fraction of sp³-hybridized carbons (Fsp3) is 0.727. The van der Waals surface area contributed by atoms with Gasteiger partial charge in [0.05, 0.1) is 11.9 Å². The summed E-state index contributed by atoms with van der Waals surface area (Å²) in [5.41, 5.74) is 0.876. The maximum Gasteiger partial charge on any atom is 0.247 e. The average molecular weight is 237 g/mol. The number of nitrogens with one attached hydrogen (secondary N) is 1. The van der Waals surface area contributed by atoms with Gasteiger partial charge in [0.25, 0.3) is 0 Å². The van der Waals surface area contributed by atoms with Gasteiger partial charge in [0.2, 0.25) is 5.91 Å². The summed E-state index contributed by atoms with van der Waals surface area (Å²) in [5.74, 6) is 0.123. The molecule has 1 amide bonds. The summed E-state index contributed by atoms with van der Waals surface area (Å²) in [6.07, 6.45) is 2.67. The monoisotopic (exact) mass is 237 g/mol. The Morgan fingerprint density at radius 1 is 1.59 bits per heavy atom. The molecule has 1 fully saturated rings. The topological polar surface area (TPSA) is 63.1 Å². The molecule has 0 aromatic carbocycles. The zero-order chi connectivity index (χ0) is 12.4. The van der Waals surface area contributed by atoms with Crippen molar-refractivity contribution in [2.75, 3.05) is 13.6 Å². The minimum atomic E-state index is -0.166. The summed E-state index contributed by atoms with van der Waals surface area (Å²) in [6, 6.07) is 0.250. The molecule has 1 unspecified atom stereocenters. The van der Waals surface area contributed by atoms with E-state index in [4.69, 9.17) is 0 Å². The molecule has 94 valence electrons. The first-order valence-corrected chi connectivity index (χ1v) is 5.97. The lowest BCUT2D eigenvalue weighted by Crippen LogP contribution is -2.24. The molecule has 0 bridgehead atoms. The van der Waals surface area contributed by atoms with Gasteiger partial charge in [-0.05, 0) is 6.42 Å². The van der Waals surface area contributed by atoms with Crippen LogP contribution in [0.4, 0.5) is 0 Å². The SMILES string of the molecule is CC(C)NCc1cn(C2CCN(C)C2=O)nn1. The lowest BCUT2D eigenvalue weighted by atomic mass is 10.2. The van der Waals surface area contributed by atoms with Crippen LogP contribution in [0.15, 0.2) is 6.20 Å². The van der Waals surface area contributed by atoms with Gasteiger partial charge in [-0.3, -0.25) is 4.79 Å². The van der Waals surface area contributed by atoms with Crippen LogP contribution in [0.5, 0.6) is 0 Å². The molecule has 2 rings (SSSR count). The first kappa shape index (κ1) is 12.0. The fourth-order valence-corrected chi connectivity index (χ4v) is 1.90. The molecule has 1 saturated heterocycles. The summed E-state index contributed by atoms with van der Waals surface area (Å²) in [6.45, 7) is 5.65. The number of hydrogen-bond acceptors (Lipinski definition) is 4. The second-order valence-electron chi connectivity index (χ2n) is 4.79. The maximum absolute atomic E-state index is 11.8. The van der Waals surface area contributed by atoms with Crippen LogP contribution in [0.3, 0.4) is 0 Å². The Kier molecular flexibility index (Phi) is 3.42. The standard InChI is InChI=1S/C11H19N5O/c1-8(2)12-6-9-7-16(14-13-9)10-4-5-15(3)11(10)17/h7-8,10,12H,4-6H2,1-3H3. The van der Waals surface area contributed by atoms with E-state index in [2.05, 4.69) is 29.5 Å². The van der Waals surface area contributed by atoms with Crippen LogP contribution in [0, 0.1) is 0 Å². The highest BCUT2D eigenvalue weighted by Crippen LogP contribution is 2.20. The van der Waals surface area contributed by atoms with E-state index in [-0.39, 0.29) is 11.9 Å². The van der Waals surface area contributed by atoms with E-state index in [1.165, 1.54) is 0 Å². The molecule has 1 N–H and O–H groups in total. The highest BCUT2D eigenvalue weighted by molar-refractivity contribution is 5.82. The number of carbonyl (C=O) groups excluding carboxylic acids is 1. The van der Waals surface area contributed by atoms with Crippen molar-refractivity contribution in [2.45, 2.75) is 38.9 Å². The van der Waals surface area contributed by atoms with E-state index >= 15 is 0 Å². The normalized spacial score (nSPS) is 20.6. The molecule has 0 aliphatic carbocycles. The predicted molar refractivity (Wildman–Crippen MR) is 63.3 cm³/mol. The molecule has 0 saturated carbocycles. The fourth-order valence-electron chi connectivity index (χ4n) is 1.90. The highest BCUT2D eigenvalue weighted by atomic mass is 16.2. The number of likely N-dealkylation sites (N-methyl/N-ethyl adjacent to an activating group) is 1. The molecule has 0 radical (unpaired) electrons. The lowest BCUT2D eigenvalue weighted by molar-refractivity contribution is -0.129. The number of hydrogen-bond donors (Lipinski definition) is 1. The zero-order valence-electron chi connectivity index (χ0n) is 10.6. The molecular weight excluding hydrogens is 218 g/mol. The Morgan fingerprint density at radius 2 is 2.35 bits per heavy atom. The zero-order valence-corrected chi connectivity index (χ0v) is 10.6. The van der Waals surface area contributed by atoms with Crippen LogP contribution in [0.2, 0.25) is 0 Å². The molecule has 2 heterocycles. The van der Waals surface area contributed by atoms with Gasteiger partial charge in [0.1, 0.15) is 6.04 Å². The average Bonchev–Trinajstić information content (AvgIpc) is 2.85. The van der Waals surface area contributed by atoms with Gasteiger partial charge in [-0.1, -0.05) is 19.1 Å². The van der Waals surface area contributed by atoms with Crippen LogP contribution in [-0.2, 0) is 11.3 Å². The smallest absolute Gasteiger partial charge is 0.247 e. The maximum atomic E-state index is 11.8. The molecule has 6 nitrogen and oxygen atoms in total. The van der Waals surface area contributed by atoms with Crippen molar-refractivity contribution in [2.24, 2.45) is 0 Å². The Morgan fingerprint density at radius 3 is 2.94 bits per heavy atom. The molecule has 1 aromatic heterocycles. The van der Waals surface area contributed by atoms with Crippen molar-refractivity contribution in [3.8, 4) is 0 Å². The molecule has 1 atom stereocenters. The summed E-state index contributed by atoms with van der Waals surface area (Å²) in [7, 11) is 1.82. The molecule has 0 spiro atoms. The molecular formula is C11H19N5O. The van der Waals surface area contributed by atoms with E-state index in [0.717, 1.165) is 18.7 Å². The van der Waals surface area contributed by atoms with Gasteiger partial charge >= 0.3 is 0 Å². The number of nitrogens with zero attached hydrogens (tertiary/aromatic N) is 4. The van der Waals surface area contributed by atoms with Crippen LogP contribution in [0.1, 0.15) is 32.0 Å². The molecule has 1 aliphatic heterocycles. The number of likely N-dealkylation sites (tertiary alicyclic amines) is 1. The third kappa shape index (κ3) is 2.63. The number of amides is 1. The minimum Gasteiger partial charge on any atom is -0.344 e. The summed E-state index contributed by atoms with van der Waals surface area (Å²) >= 11 is 0. The Labute approximate surface area is 101 Å². The molecule has 17 heavy (non-hydrogen) atoms. The van der Waals surface area contributed by atoms with E-state index in [9.17, 15) is 4.79 Å². The summed E-state index contributed by atoms with van der Waals surface area (Å²) in [4.78, 5) is 13.5. The van der Waals surface area contributed by atoms with Gasteiger partial charge in [-0.15, -0.1) is 5.10 Å². The Bertz CT molecular complexity index is 400. The van der Waals surface area contributed by atoms with Crippen molar-refractivity contribution in [1.82, 2.24) is 25.2 Å². The van der Waals surface area contributed by atoms with Crippen LogP contribution >= 0.6 is 0 Å². The largest absolute Gasteiger partial charge is 0.344 e. The number of aromatic nitrogens is 3. The van der Waals surface area contributed by atoms with Crippen molar-refractivity contribution < 1.29 is 4.79 Å². The first-order chi connectivity index (χ1) is 8.08. The van der Waals surface area contributed by atoms with Crippen molar-refractivity contribution in [3.05, 3.63) is 11.9 Å². The molecule has 1 aromatic rings. The van der Waals surface area contributed by atoms with E-state index in [1.54, 1.807) is 9.58 Å². The summed E-state index contributed by atoms with van der Waals surface area (Å²) < 4.78 is 1.68. The van der Waals surface area contributed by atoms with Crippen LogP contribution in [-0.4, -0.2) is 45.4 Å². The van der Waals surface area contributed by atoms with E-state index in [1.807, 2.05) is 13.2 Å². The highest BCUT2D eigenvalue weighted by Gasteiger charge is 2.31. The van der Waals surface area contributed by atoms with Gasteiger partial charge in [-0.2, -0.15) is 0 Å². The number of carbonyl (C=O) groups is 1. The lowest BCUT2D eigenvalue weighted by Gasteiger charge is -2.09. The number of rotatable bonds is 4. The van der Waals surface area contributed by atoms with Crippen LogP contribution in [0.25, 0.3) is 0 Å². The summed E-state index contributed by atoms with van der Waals surface area (Å²) in [5, 5.41) is 11.4.